The summed E-state index contributed by atoms with van der Waals surface area (Å²) in [6.07, 6.45) is -4.64. The first-order chi connectivity index (χ1) is 12.1. The fourth-order valence-corrected chi connectivity index (χ4v) is 2.28. The minimum atomic E-state index is -4.64. The number of halogens is 4. The lowest BCUT2D eigenvalue weighted by Crippen LogP contribution is -2.23. The van der Waals surface area contributed by atoms with Gasteiger partial charge in [-0.15, -0.1) is 0 Å². The smallest absolute Gasteiger partial charge is 0.376 e. The molecular weight excluding hydrogens is 371 g/mol. The molecule has 0 heterocycles. The van der Waals surface area contributed by atoms with Crippen LogP contribution >= 0.6 is 11.6 Å². The number of anilines is 3. The molecule has 0 aliphatic heterocycles. The zero-order valence-electron chi connectivity index (χ0n) is 13.6. The highest BCUT2D eigenvalue weighted by molar-refractivity contribution is 6.30. The third-order valence-electron chi connectivity index (χ3n) is 3.22. The Hall–Kier alpha value is -2.74. The van der Waals surface area contributed by atoms with Gasteiger partial charge in [-0.1, -0.05) is 11.6 Å². The maximum absolute atomic E-state index is 13.0. The van der Waals surface area contributed by atoms with E-state index in [0.29, 0.717) is 11.4 Å². The second-order valence-corrected chi connectivity index (χ2v) is 5.78. The van der Waals surface area contributed by atoms with E-state index in [9.17, 15) is 22.8 Å². The van der Waals surface area contributed by atoms with E-state index in [4.69, 9.17) is 11.6 Å². The number of carbonyl (C=O) groups is 2. The first kappa shape index (κ1) is 19.6. The van der Waals surface area contributed by atoms with Crippen LogP contribution in [0.25, 0.3) is 0 Å². The number of amides is 2. The van der Waals surface area contributed by atoms with Crippen LogP contribution in [0.4, 0.5) is 30.2 Å². The number of carbonyl (C=O) groups excluding carboxylic acids is 2. The zero-order valence-corrected chi connectivity index (χ0v) is 14.3. The number of hydrogen-bond donors (Lipinski definition) is 3. The van der Waals surface area contributed by atoms with Crippen molar-refractivity contribution < 1.29 is 22.8 Å². The van der Waals surface area contributed by atoms with Crippen molar-refractivity contribution in [3.05, 3.63) is 53.1 Å². The molecule has 0 atom stereocenters. The van der Waals surface area contributed by atoms with Gasteiger partial charge in [0.05, 0.1) is 17.8 Å². The van der Waals surface area contributed by atoms with Crippen molar-refractivity contribution in [3.63, 3.8) is 0 Å². The predicted molar refractivity (Wildman–Crippen MR) is 94.3 cm³/mol. The second kappa shape index (κ2) is 8.09. The van der Waals surface area contributed by atoms with E-state index >= 15 is 0 Å². The van der Waals surface area contributed by atoms with Crippen LogP contribution in [0.1, 0.15) is 12.5 Å². The molecule has 5 nitrogen and oxygen atoms in total. The maximum atomic E-state index is 13.0. The summed E-state index contributed by atoms with van der Waals surface area (Å²) in [5.74, 6) is -0.864. The molecule has 0 spiro atoms. The lowest BCUT2D eigenvalue weighted by Gasteiger charge is -2.14. The molecule has 0 fully saturated rings. The first-order valence-corrected chi connectivity index (χ1v) is 7.81. The Morgan fingerprint density at radius 1 is 1.00 bits per heavy atom. The van der Waals surface area contributed by atoms with E-state index in [1.807, 2.05) is 0 Å². The molecule has 26 heavy (non-hydrogen) atoms. The monoisotopic (exact) mass is 385 g/mol. The third kappa shape index (κ3) is 5.66. The normalized spacial score (nSPS) is 11.0. The van der Waals surface area contributed by atoms with E-state index < -0.39 is 17.6 Å². The molecule has 0 aromatic heterocycles. The first-order valence-electron chi connectivity index (χ1n) is 7.43. The molecule has 2 rings (SSSR count). The molecule has 2 aromatic carbocycles. The molecule has 0 saturated heterocycles. The molecule has 0 aliphatic rings. The van der Waals surface area contributed by atoms with Gasteiger partial charge >= 0.3 is 6.18 Å². The van der Waals surface area contributed by atoms with Crippen molar-refractivity contribution in [2.24, 2.45) is 0 Å². The molecule has 0 bridgehead atoms. The summed E-state index contributed by atoms with van der Waals surface area (Å²) >= 11 is 5.59. The van der Waals surface area contributed by atoms with Gasteiger partial charge in [-0.25, -0.2) is 0 Å². The van der Waals surface area contributed by atoms with Crippen molar-refractivity contribution in [2.45, 2.75) is 13.1 Å². The van der Waals surface area contributed by atoms with Crippen LogP contribution in [0.5, 0.6) is 0 Å². The van der Waals surface area contributed by atoms with Gasteiger partial charge in [-0.2, -0.15) is 13.2 Å². The summed E-state index contributed by atoms with van der Waals surface area (Å²) in [5.41, 5.74) is -0.224. The summed E-state index contributed by atoms with van der Waals surface area (Å²) < 4.78 is 39.0. The van der Waals surface area contributed by atoms with E-state index in [-0.39, 0.29) is 23.2 Å². The topological polar surface area (TPSA) is 70.2 Å². The fraction of sp³-hybridized carbons (Fsp3) is 0.176. The zero-order chi connectivity index (χ0) is 19.3. The highest BCUT2D eigenvalue weighted by atomic mass is 35.5. The van der Waals surface area contributed by atoms with E-state index in [0.717, 1.165) is 12.1 Å². The van der Waals surface area contributed by atoms with Gasteiger partial charge in [-0.3, -0.25) is 9.59 Å². The molecule has 0 saturated carbocycles. The van der Waals surface area contributed by atoms with Crippen LogP contribution in [-0.4, -0.2) is 18.4 Å². The molecule has 3 N–H and O–H groups in total. The van der Waals surface area contributed by atoms with Crippen LogP contribution in [0.3, 0.4) is 0 Å². The number of hydrogen-bond acceptors (Lipinski definition) is 3. The van der Waals surface area contributed by atoms with Crippen LogP contribution in [0, 0.1) is 0 Å². The van der Waals surface area contributed by atoms with Crippen LogP contribution in [0.2, 0.25) is 5.02 Å². The van der Waals surface area contributed by atoms with Crippen LogP contribution in [-0.2, 0) is 15.8 Å². The Labute approximate surface area is 152 Å². The SMILES string of the molecule is CC(=O)Nc1ccc(NCC(=O)Nc2ccc(Cl)cc2C(F)(F)F)cc1. The summed E-state index contributed by atoms with van der Waals surface area (Å²) in [7, 11) is 0. The van der Waals surface area contributed by atoms with E-state index in [1.54, 1.807) is 24.3 Å². The Balaban J connectivity index is 1.98. The average molecular weight is 386 g/mol. The lowest BCUT2D eigenvalue weighted by atomic mass is 10.1. The fourth-order valence-electron chi connectivity index (χ4n) is 2.11. The largest absolute Gasteiger partial charge is 0.418 e. The Morgan fingerprint density at radius 2 is 1.62 bits per heavy atom. The highest BCUT2D eigenvalue weighted by Gasteiger charge is 2.34. The van der Waals surface area contributed by atoms with Gasteiger partial charge in [0.25, 0.3) is 0 Å². The molecule has 0 unspecified atom stereocenters. The van der Waals surface area contributed by atoms with Crippen LogP contribution in [0.15, 0.2) is 42.5 Å². The van der Waals surface area contributed by atoms with E-state index in [2.05, 4.69) is 16.0 Å². The van der Waals surface area contributed by atoms with Crippen molar-refractivity contribution >= 4 is 40.5 Å². The number of nitrogens with one attached hydrogen (secondary N) is 3. The lowest BCUT2D eigenvalue weighted by molar-refractivity contribution is -0.137. The number of alkyl halides is 3. The standard InChI is InChI=1S/C17H15ClF3N3O2/c1-10(25)23-13-5-3-12(4-6-13)22-9-16(26)24-15-7-2-11(18)8-14(15)17(19,20)21/h2-8,22H,9H2,1H3,(H,23,25)(H,24,26). The van der Waals surface area contributed by atoms with Gasteiger partial charge in [0.15, 0.2) is 0 Å². The van der Waals surface area contributed by atoms with Crippen molar-refractivity contribution in [1.82, 2.24) is 0 Å². The Bertz CT molecular complexity index is 808. The van der Waals surface area contributed by atoms with Gasteiger partial charge < -0.3 is 16.0 Å². The quantitative estimate of drug-likeness (QED) is 0.716. The molecular formula is C17H15ClF3N3O2. The molecule has 2 amide bonds. The summed E-state index contributed by atoms with van der Waals surface area (Å²) in [6.45, 7) is 1.14. The van der Waals surface area contributed by atoms with Crippen molar-refractivity contribution in [2.75, 3.05) is 22.5 Å². The molecule has 0 aliphatic carbocycles. The number of rotatable bonds is 5. The van der Waals surface area contributed by atoms with Crippen molar-refractivity contribution in [1.29, 1.82) is 0 Å². The van der Waals surface area contributed by atoms with Gasteiger partial charge in [0, 0.05) is 23.3 Å². The Kier molecular flexibility index (Phi) is 6.10. The predicted octanol–water partition coefficient (Wildman–Crippen LogP) is 4.37. The van der Waals surface area contributed by atoms with Gasteiger partial charge in [-0.05, 0) is 42.5 Å². The third-order valence-corrected chi connectivity index (χ3v) is 3.45. The molecule has 0 radical (unpaired) electrons. The highest BCUT2D eigenvalue weighted by Crippen LogP contribution is 2.36. The van der Waals surface area contributed by atoms with Gasteiger partial charge in [0.2, 0.25) is 11.8 Å². The van der Waals surface area contributed by atoms with Crippen molar-refractivity contribution in [3.8, 4) is 0 Å². The Morgan fingerprint density at radius 3 is 2.19 bits per heavy atom. The molecule has 9 heteroatoms. The minimum absolute atomic E-state index is 0.0762. The van der Waals surface area contributed by atoms with Crippen LogP contribution < -0.4 is 16.0 Å². The molecule has 2 aromatic rings. The second-order valence-electron chi connectivity index (χ2n) is 5.35. The summed E-state index contributed by atoms with van der Waals surface area (Å²) in [6, 6.07) is 9.63. The molecule has 138 valence electrons. The average Bonchev–Trinajstić information content (AvgIpc) is 2.54. The maximum Gasteiger partial charge on any atom is 0.418 e. The number of benzene rings is 2. The van der Waals surface area contributed by atoms with Gasteiger partial charge in [0.1, 0.15) is 0 Å². The summed E-state index contributed by atoms with van der Waals surface area (Å²) in [5, 5.41) is 7.51. The minimum Gasteiger partial charge on any atom is -0.376 e. The summed E-state index contributed by atoms with van der Waals surface area (Å²) in [4.78, 5) is 22.9. The van der Waals surface area contributed by atoms with E-state index in [1.165, 1.54) is 13.0 Å².